The Bertz CT molecular complexity index is 222. The zero-order valence-electron chi connectivity index (χ0n) is 11.6. The predicted molar refractivity (Wildman–Crippen MR) is 73.3 cm³/mol. The lowest BCUT2D eigenvalue weighted by atomic mass is 9.95. The topological polar surface area (TPSA) is 61.4 Å². The highest BCUT2D eigenvalue weighted by Gasteiger charge is 2.17. The average Bonchev–Trinajstić information content (AvgIpc) is 2.38. The molecule has 18 heavy (non-hydrogen) atoms. The first-order chi connectivity index (χ1) is 8.76. The fraction of sp³-hybridized carbons (Fsp3) is 0.929. The Balaban J connectivity index is 2.17. The van der Waals surface area contributed by atoms with Crippen molar-refractivity contribution in [1.82, 2.24) is 10.6 Å². The Morgan fingerprint density at radius 2 is 2.33 bits per heavy atom. The van der Waals surface area contributed by atoms with Gasteiger partial charge in [0, 0.05) is 19.6 Å². The monoisotopic (exact) mass is 256 g/mol. The summed E-state index contributed by atoms with van der Waals surface area (Å²) in [5.74, 6) is 1.09. The Morgan fingerprint density at radius 1 is 1.50 bits per heavy atom. The minimum atomic E-state index is 0.169. The maximum Gasteiger partial charge on any atom is 0.220 e. The quantitative estimate of drug-likeness (QED) is 0.613. The van der Waals surface area contributed by atoms with E-state index in [0.717, 1.165) is 38.8 Å². The second kappa shape index (κ2) is 9.34. The van der Waals surface area contributed by atoms with Crippen LogP contribution in [-0.4, -0.2) is 37.3 Å². The standard InChI is InChI=1S/C14H28N2O2/c1-2-4-12(6-8-17)11-16-14(18)9-13-5-3-7-15-10-13/h12-13,15,17H,2-11H2,1H3,(H,16,18). The third-order valence-electron chi connectivity index (χ3n) is 3.70. The van der Waals surface area contributed by atoms with Crippen LogP contribution in [0.3, 0.4) is 0 Å². The molecule has 1 saturated heterocycles. The Morgan fingerprint density at radius 3 is 2.94 bits per heavy atom. The molecule has 1 fully saturated rings. The lowest BCUT2D eigenvalue weighted by molar-refractivity contribution is -0.122. The Labute approximate surface area is 111 Å². The molecule has 0 saturated carbocycles. The molecule has 2 unspecified atom stereocenters. The lowest BCUT2D eigenvalue weighted by Crippen LogP contribution is -2.35. The molecule has 1 amide bonds. The number of piperidine rings is 1. The number of amides is 1. The lowest BCUT2D eigenvalue weighted by Gasteiger charge is -2.22. The largest absolute Gasteiger partial charge is 0.396 e. The number of aliphatic hydroxyl groups excluding tert-OH is 1. The van der Waals surface area contributed by atoms with Gasteiger partial charge in [0.15, 0.2) is 0 Å². The van der Waals surface area contributed by atoms with Crippen molar-refractivity contribution in [2.24, 2.45) is 11.8 Å². The van der Waals surface area contributed by atoms with Gasteiger partial charge in [0.2, 0.25) is 5.91 Å². The van der Waals surface area contributed by atoms with Crippen LogP contribution in [0.15, 0.2) is 0 Å². The highest BCUT2D eigenvalue weighted by molar-refractivity contribution is 5.76. The molecule has 1 aliphatic heterocycles. The summed E-state index contributed by atoms with van der Waals surface area (Å²) in [6, 6.07) is 0. The van der Waals surface area contributed by atoms with Crippen molar-refractivity contribution in [2.75, 3.05) is 26.2 Å². The summed E-state index contributed by atoms with van der Waals surface area (Å²) in [5.41, 5.74) is 0. The third kappa shape index (κ3) is 6.36. The normalized spacial score (nSPS) is 21.6. The molecule has 1 heterocycles. The second-order valence-electron chi connectivity index (χ2n) is 5.39. The molecule has 3 N–H and O–H groups in total. The molecule has 0 aliphatic carbocycles. The van der Waals surface area contributed by atoms with E-state index in [0.29, 0.717) is 24.8 Å². The van der Waals surface area contributed by atoms with Crippen LogP contribution in [-0.2, 0) is 4.79 Å². The number of rotatable bonds is 8. The first-order valence-electron chi connectivity index (χ1n) is 7.34. The zero-order valence-corrected chi connectivity index (χ0v) is 11.6. The summed E-state index contributed by atoms with van der Waals surface area (Å²) in [6.07, 6.45) is 5.96. The van der Waals surface area contributed by atoms with Crippen LogP contribution in [0.4, 0.5) is 0 Å². The van der Waals surface area contributed by atoms with Gasteiger partial charge >= 0.3 is 0 Å². The minimum absolute atomic E-state index is 0.169. The Hall–Kier alpha value is -0.610. The minimum Gasteiger partial charge on any atom is -0.396 e. The van der Waals surface area contributed by atoms with Crippen molar-refractivity contribution in [3.05, 3.63) is 0 Å². The molecule has 1 aliphatic rings. The fourth-order valence-corrected chi connectivity index (χ4v) is 2.63. The van der Waals surface area contributed by atoms with E-state index in [1.165, 1.54) is 6.42 Å². The number of hydrogen-bond acceptors (Lipinski definition) is 3. The Kier molecular flexibility index (Phi) is 8.01. The van der Waals surface area contributed by atoms with Crippen molar-refractivity contribution in [3.8, 4) is 0 Å². The highest BCUT2D eigenvalue weighted by Crippen LogP contribution is 2.14. The van der Waals surface area contributed by atoms with E-state index in [2.05, 4.69) is 17.6 Å². The van der Waals surface area contributed by atoms with E-state index < -0.39 is 0 Å². The van der Waals surface area contributed by atoms with Gasteiger partial charge in [-0.25, -0.2) is 0 Å². The maximum absolute atomic E-state index is 11.8. The average molecular weight is 256 g/mol. The summed E-state index contributed by atoms with van der Waals surface area (Å²) in [6.45, 7) is 5.13. The molecule has 0 aromatic carbocycles. The van der Waals surface area contributed by atoms with Crippen LogP contribution in [0.2, 0.25) is 0 Å². The third-order valence-corrected chi connectivity index (χ3v) is 3.70. The molecule has 1 rings (SSSR count). The highest BCUT2D eigenvalue weighted by atomic mass is 16.3. The second-order valence-corrected chi connectivity index (χ2v) is 5.39. The molecule has 0 spiro atoms. The van der Waals surface area contributed by atoms with Gasteiger partial charge in [0.1, 0.15) is 0 Å². The van der Waals surface area contributed by atoms with Crippen molar-refractivity contribution in [2.45, 2.75) is 45.4 Å². The first kappa shape index (κ1) is 15.4. The van der Waals surface area contributed by atoms with Gasteiger partial charge < -0.3 is 15.7 Å². The molecule has 0 radical (unpaired) electrons. The van der Waals surface area contributed by atoms with Crippen LogP contribution in [0.25, 0.3) is 0 Å². The van der Waals surface area contributed by atoms with E-state index in [-0.39, 0.29) is 12.5 Å². The van der Waals surface area contributed by atoms with Crippen LogP contribution < -0.4 is 10.6 Å². The van der Waals surface area contributed by atoms with Crippen LogP contribution in [0.5, 0.6) is 0 Å². The number of carbonyl (C=O) groups excluding carboxylic acids is 1. The summed E-state index contributed by atoms with van der Waals surface area (Å²) in [7, 11) is 0. The van der Waals surface area contributed by atoms with E-state index in [1.54, 1.807) is 0 Å². The van der Waals surface area contributed by atoms with E-state index >= 15 is 0 Å². The molecule has 0 aromatic rings. The van der Waals surface area contributed by atoms with Crippen molar-refractivity contribution in [1.29, 1.82) is 0 Å². The van der Waals surface area contributed by atoms with Crippen LogP contribution in [0.1, 0.15) is 45.4 Å². The molecule has 106 valence electrons. The molecule has 0 aromatic heterocycles. The van der Waals surface area contributed by atoms with Gasteiger partial charge in [-0.1, -0.05) is 13.3 Å². The van der Waals surface area contributed by atoms with Gasteiger partial charge in [0.05, 0.1) is 0 Å². The summed E-state index contributed by atoms with van der Waals surface area (Å²) in [5, 5.41) is 15.3. The zero-order chi connectivity index (χ0) is 13.2. The summed E-state index contributed by atoms with van der Waals surface area (Å²) < 4.78 is 0. The molecular weight excluding hydrogens is 228 g/mol. The van der Waals surface area contributed by atoms with Gasteiger partial charge in [-0.2, -0.15) is 0 Å². The number of carbonyl (C=O) groups is 1. The van der Waals surface area contributed by atoms with Gasteiger partial charge in [-0.05, 0) is 50.6 Å². The summed E-state index contributed by atoms with van der Waals surface area (Å²) in [4.78, 5) is 11.8. The van der Waals surface area contributed by atoms with Crippen molar-refractivity contribution >= 4 is 5.91 Å². The summed E-state index contributed by atoms with van der Waals surface area (Å²) >= 11 is 0. The predicted octanol–water partition coefficient (Wildman–Crippen LogP) is 1.29. The molecule has 2 atom stereocenters. The molecule has 4 nitrogen and oxygen atoms in total. The van der Waals surface area contributed by atoms with Crippen LogP contribution >= 0.6 is 0 Å². The fourth-order valence-electron chi connectivity index (χ4n) is 2.63. The van der Waals surface area contributed by atoms with E-state index in [4.69, 9.17) is 5.11 Å². The number of hydrogen-bond donors (Lipinski definition) is 3. The molecule has 0 bridgehead atoms. The van der Waals surface area contributed by atoms with Crippen LogP contribution in [0, 0.1) is 11.8 Å². The number of aliphatic hydroxyl groups is 1. The SMILES string of the molecule is CCCC(CCO)CNC(=O)CC1CCCNC1. The van der Waals surface area contributed by atoms with Gasteiger partial charge in [0.25, 0.3) is 0 Å². The molecule has 4 heteroatoms. The van der Waals surface area contributed by atoms with Crippen molar-refractivity contribution < 1.29 is 9.90 Å². The first-order valence-corrected chi connectivity index (χ1v) is 7.34. The molecular formula is C14H28N2O2. The van der Waals surface area contributed by atoms with Gasteiger partial charge in [-0.15, -0.1) is 0 Å². The van der Waals surface area contributed by atoms with E-state index in [9.17, 15) is 4.79 Å². The smallest absolute Gasteiger partial charge is 0.220 e. The van der Waals surface area contributed by atoms with E-state index in [1.807, 2.05) is 0 Å². The van der Waals surface area contributed by atoms with Gasteiger partial charge in [-0.3, -0.25) is 4.79 Å². The number of nitrogens with one attached hydrogen (secondary N) is 2. The maximum atomic E-state index is 11.8. The van der Waals surface area contributed by atoms with Crippen molar-refractivity contribution in [3.63, 3.8) is 0 Å².